The van der Waals surface area contributed by atoms with Crippen molar-refractivity contribution in [1.82, 2.24) is 0 Å². The molecule has 12 heavy (non-hydrogen) atoms. The number of rotatable bonds is 1. The lowest BCUT2D eigenvalue weighted by Gasteiger charge is -2.33. The van der Waals surface area contributed by atoms with E-state index in [1.165, 1.54) is 0 Å². The Bertz CT molecular complexity index is 175. The van der Waals surface area contributed by atoms with Crippen LogP contribution in [-0.2, 0) is 9.53 Å². The van der Waals surface area contributed by atoms with E-state index >= 15 is 0 Å². The van der Waals surface area contributed by atoms with E-state index in [-0.39, 0.29) is 18.0 Å². The van der Waals surface area contributed by atoms with E-state index in [2.05, 4.69) is 20.8 Å². The third-order valence-electron chi connectivity index (χ3n) is 2.84. The predicted molar refractivity (Wildman–Crippen MR) is 47.7 cm³/mol. The molecule has 0 aromatic heterocycles. The van der Waals surface area contributed by atoms with Crippen LogP contribution in [0.1, 0.15) is 34.1 Å². The van der Waals surface area contributed by atoms with Crippen LogP contribution >= 0.6 is 0 Å². The maximum atomic E-state index is 11.3. The SMILES string of the molecule is CC(C)[C@H]1C[C@H](C)[C@@H](C)C(=O)O1. The molecule has 70 valence electrons. The maximum absolute atomic E-state index is 11.3. The first-order valence-corrected chi connectivity index (χ1v) is 4.73. The average Bonchev–Trinajstić information content (AvgIpc) is 1.99. The second-order valence-electron chi connectivity index (χ2n) is 4.22. The van der Waals surface area contributed by atoms with Crippen molar-refractivity contribution in [3.63, 3.8) is 0 Å². The zero-order valence-electron chi connectivity index (χ0n) is 8.33. The predicted octanol–water partition coefficient (Wildman–Crippen LogP) is 2.23. The molecule has 0 aromatic rings. The van der Waals surface area contributed by atoms with E-state index < -0.39 is 0 Å². The average molecular weight is 170 g/mol. The van der Waals surface area contributed by atoms with Crippen LogP contribution in [0.15, 0.2) is 0 Å². The van der Waals surface area contributed by atoms with E-state index in [9.17, 15) is 4.79 Å². The highest BCUT2D eigenvalue weighted by molar-refractivity contribution is 5.73. The summed E-state index contributed by atoms with van der Waals surface area (Å²) in [6.07, 6.45) is 1.16. The number of ether oxygens (including phenoxy) is 1. The van der Waals surface area contributed by atoms with Crippen molar-refractivity contribution >= 4 is 5.97 Å². The summed E-state index contributed by atoms with van der Waals surface area (Å²) in [4.78, 5) is 11.3. The summed E-state index contributed by atoms with van der Waals surface area (Å²) in [5.41, 5.74) is 0. The molecule has 0 aromatic carbocycles. The van der Waals surface area contributed by atoms with Crippen LogP contribution in [0.2, 0.25) is 0 Å². The van der Waals surface area contributed by atoms with Gasteiger partial charge in [-0.05, 0) is 18.3 Å². The van der Waals surface area contributed by atoms with Gasteiger partial charge >= 0.3 is 5.97 Å². The molecule has 0 amide bonds. The van der Waals surface area contributed by atoms with E-state index in [0.29, 0.717) is 11.8 Å². The highest BCUT2D eigenvalue weighted by Gasteiger charge is 2.33. The van der Waals surface area contributed by atoms with Gasteiger partial charge in [0.15, 0.2) is 0 Å². The number of hydrogen-bond acceptors (Lipinski definition) is 2. The quantitative estimate of drug-likeness (QED) is 0.564. The van der Waals surface area contributed by atoms with Crippen molar-refractivity contribution in [2.75, 3.05) is 0 Å². The Labute approximate surface area is 74.3 Å². The third kappa shape index (κ3) is 1.79. The summed E-state index contributed by atoms with van der Waals surface area (Å²) in [6.45, 7) is 8.27. The van der Waals surface area contributed by atoms with Crippen LogP contribution in [-0.4, -0.2) is 12.1 Å². The van der Waals surface area contributed by atoms with Gasteiger partial charge in [0.2, 0.25) is 0 Å². The Hall–Kier alpha value is -0.530. The molecular weight excluding hydrogens is 152 g/mol. The molecule has 0 aliphatic carbocycles. The second-order valence-corrected chi connectivity index (χ2v) is 4.22. The van der Waals surface area contributed by atoms with Crippen LogP contribution < -0.4 is 0 Å². The monoisotopic (exact) mass is 170 g/mol. The molecule has 0 bridgehead atoms. The summed E-state index contributed by atoms with van der Waals surface area (Å²) in [5.74, 6) is 0.981. The molecule has 0 saturated carbocycles. The topological polar surface area (TPSA) is 26.3 Å². The molecule has 1 aliphatic rings. The fourth-order valence-electron chi connectivity index (χ4n) is 1.52. The highest BCUT2D eigenvalue weighted by atomic mass is 16.5. The van der Waals surface area contributed by atoms with Gasteiger partial charge in [0.1, 0.15) is 6.10 Å². The highest BCUT2D eigenvalue weighted by Crippen LogP contribution is 2.29. The first kappa shape index (κ1) is 9.56. The Morgan fingerprint density at radius 1 is 1.42 bits per heavy atom. The summed E-state index contributed by atoms with van der Waals surface area (Å²) >= 11 is 0. The molecule has 0 spiro atoms. The van der Waals surface area contributed by atoms with Crippen LogP contribution in [0, 0.1) is 17.8 Å². The van der Waals surface area contributed by atoms with Crippen LogP contribution in [0.3, 0.4) is 0 Å². The van der Waals surface area contributed by atoms with Gasteiger partial charge in [0, 0.05) is 0 Å². The molecule has 1 fully saturated rings. The van der Waals surface area contributed by atoms with Crippen molar-refractivity contribution in [3.8, 4) is 0 Å². The van der Waals surface area contributed by atoms with Crippen molar-refractivity contribution in [1.29, 1.82) is 0 Å². The number of hydrogen-bond donors (Lipinski definition) is 0. The lowest BCUT2D eigenvalue weighted by atomic mass is 9.85. The van der Waals surface area contributed by atoms with Gasteiger partial charge in [0.25, 0.3) is 0 Å². The number of cyclic esters (lactones) is 1. The van der Waals surface area contributed by atoms with Gasteiger partial charge in [-0.1, -0.05) is 27.7 Å². The molecule has 1 heterocycles. The molecule has 1 aliphatic heterocycles. The minimum Gasteiger partial charge on any atom is -0.462 e. The van der Waals surface area contributed by atoms with Crippen molar-refractivity contribution in [2.24, 2.45) is 17.8 Å². The van der Waals surface area contributed by atoms with Gasteiger partial charge in [-0.2, -0.15) is 0 Å². The molecule has 0 unspecified atom stereocenters. The van der Waals surface area contributed by atoms with Gasteiger partial charge in [0.05, 0.1) is 5.92 Å². The van der Waals surface area contributed by atoms with E-state index in [1.807, 2.05) is 6.92 Å². The molecule has 0 radical (unpaired) electrons. The van der Waals surface area contributed by atoms with E-state index in [4.69, 9.17) is 4.74 Å². The second kappa shape index (κ2) is 3.46. The Kier molecular flexibility index (Phi) is 2.76. The van der Waals surface area contributed by atoms with Crippen molar-refractivity contribution < 1.29 is 9.53 Å². The Balaban J connectivity index is 2.59. The molecule has 2 heteroatoms. The Morgan fingerprint density at radius 2 is 2.00 bits per heavy atom. The van der Waals surface area contributed by atoms with Crippen LogP contribution in [0.5, 0.6) is 0 Å². The molecule has 0 N–H and O–H groups in total. The summed E-state index contributed by atoms with van der Waals surface area (Å²) in [5, 5.41) is 0. The van der Waals surface area contributed by atoms with Crippen molar-refractivity contribution in [3.05, 3.63) is 0 Å². The largest absolute Gasteiger partial charge is 0.462 e. The first-order valence-electron chi connectivity index (χ1n) is 4.73. The van der Waals surface area contributed by atoms with E-state index in [0.717, 1.165) is 6.42 Å². The van der Waals surface area contributed by atoms with Crippen molar-refractivity contribution in [2.45, 2.75) is 40.2 Å². The summed E-state index contributed by atoms with van der Waals surface area (Å²) in [7, 11) is 0. The summed E-state index contributed by atoms with van der Waals surface area (Å²) in [6, 6.07) is 0. The third-order valence-corrected chi connectivity index (χ3v) is 2.84. The molecule has 1 rings (SSSR count). The van der Waals surface area contributed by atoms with Gasteiger partial charge in [-0.25, -0.2) is 0 Å². The minimum absolute atomic E-state index is 0.0209. The van der Waals surface area contributed by atoms with Gasteiger partial charge in [-0.3, -0.25) is 4.79 Å². The molecular formula is C10H18O2. The molecule has 2 nitrogen and oxygen atoms in total. The summed E-state index contributed by atoms with van der Waals surface area (Å²) < 4.78 is 5.29. The minimum atomic E-state index is -0.0209. The number of carbonyl (C=O) groups is 1. The lowest BCUT2D eigenvalue weighted by Crippen LogP contribution is -2.37. The normalized spacial score (nSPS) is 36.8. The van der Waals surface area contributed by atoms with Crippen LogP contribution in [0.4, 0.5) is 0 Å². The maximum Gasteiger partial charge on any atom is 0.309 e. The number of esters is 1. The zero-order chi connectivity index (χ0) is 9.30. The van der Waals surface area contributed by atoms with Gasteiger partial charge in [-0.15, -0.1) is 0 Å². The molecule has 3 atom stereocenters. The fraction of sp³-hybridized carbons (Fsp3) is 0.900. The lowest BCUT2D eigenvalue weighted by molar-refractivity contribution is -0.166. The number of carbonyl (C=O) groups excluding carboxylic acids is 1. The molecule has 1 saturated heterocycles. The van der Waals surface area contributed by atoms with Crippen LogP contribution in [0.25, 0.3) is 0 Å². The zero-order valence-corrected chi connectivity index (χ0v) is 8.33. The van der Waals surface area contributed by atoms with Gasteiger partial charge < -0.3 is 4.74 Å². The standard InChI is InChI=1S/C10H18O2/c1-6(2)9-5-7(3)8(4)10(11)12-9/h6-9H,5H2,1-4H3/t7-,8+,9+/m0/s1. The fourth-order valence-corrected chi connectivity index (χ4v) is 1.52. The first-order chi connectivity index (χ1) is 5.52. The van der Waals surface area contributed by atoms with E-state index in [1.54, 1.807) is 0 Å². The smallest absolute Gasteiger partial charge is 0.309 e. The Morgan fingerprint density at radius 3 is 2.42 bits per heavy atom.